The van der Waals surface area contributed by atoms with Gasteiger partial charge in [0.2, 0.25) is 0 Å². The number of hydrogen-bond acceptors (Lipinski definition) is 2. The molecule has 1 fully saturated rings. The lowest BCUT2D eigenvalue weighted by molar-refractivity contribution is 0.0465. The fourth-order valence-electron chi connectivity index (χ4n) is 3.90. The molecule has 25 heavy (non-hydrogen) atoms. The average Bonchev–Trinajstić information content (AvgIpc) is 2.88. The molecule has 2 unspecified atom stereocenters. The highest BCUT2D eigenvalue weighted by Crippen LogP contribution is 2.26. The number of rotatable bonds is 3. The zero-order valence-corrected chi connectivity index (χ0v) is 15.6. The van der Waals surface area contributed by atoms with Crippen molar-refractivity contribution in [2.75, 3.05) is 13.1 Å². The van der Waals surface area contributed by atoms with E-state index < -0.39 is 0 Å². The third-order valence-electron chi connectivity index (χ3n) is 5.35. The summed E-state index contributed by atoms with van der Waals surface area (Å²) in [6.07, 6.45) is 1.58. The zero-order valence-electron chi connectivity index (χ0n) is 15.6. The first-order chi connectivity index (χ1) is 11.9. The largest absolute Gasteiger partial charge is 0.393 e. The molecule has 1 N–H and O–H groups in total. The van der Waals surface area contributed by atoms with Gasteiger partial charge in [-0.3, -0.25) is 4.79 Å². The van der Waals surface area contributed by atoms with Crippen molar-refractivity contribution >= 4 is 5.91 Å². The Morgan fingerprint density at radius 2 is 2.00 bits per heavy atom. The predicted octanol–water partition coefficient (Wildman–Crippen LogP) is 3.64. The van der Waals surface area contributed by atoms with Crippen LogP contribution in [-0.4, -0.2) is 39.7 Å². The van der Waals surface area contributed by atoms with Gasteiger partial charge in [-0.1, -0.05) is 12.1 Å². The molecule has 1 amide bonds. The second-order valence-corrected chi connectivity index (χ2v) is 7.35. The number of aliphatic hydroxyl groups excluding tert-OH is 1. The Labute approximate surface area is 150 Å². The highest BCUT2D eigenvalue weighted by molar-refractivity contribution is 5.96. The Hall–Kier alpha value is -2.07. The Morgan fingerprint density at radius 3 is 2.68 bits per heavy atom. The van der Waals surface area contributed by atoms with Crippen LogP contribution in [0.5, 0.6) is 0 Å². The Bertz CT molecular complexity index is 776. The quantitative estimate of drug-likeness (QED) is 0.927. The molecule has 1 aliphatic rings. The Morgan fingerprint density at radius 1 is 1.24 bits per heavy atom. The topological polar surface area (TPSA) is 45.5 Å². The molecule has 2 atom stereocenters. The maximum Gasteiger partial charge on any atom is 0.255 e. The summed E-state index contributed by atoms with van der Waals surface area (Å²) in [5, 5.41) is 9.88. The molecule has 0 aliphatic carbocycles. The van der Waals surface area contributed by atoms with Crippen LogP contribution >= 0.6 is 0 Å². The molecule has 4 heteroatoms. The van der Waals surface area contributed by atoms with Crippen LogP contribution in [0.25, 0.3) is 5.69 Å². The van der Waals surface area contributed by atoms with Gasteiger partial charge in [0.25, 0.3) is 5.91 Å². The second-order valence-electron chi connectivity index (χ2n) is 7.35. The van der Waals surface area contributed by atoms with Crippen LogP contribution in [0, 0.1) is 26.7 Å². The van der Waals surface area contributed by atoms with Gasteiger partial charge in [-0.15, -0.1) is 0 Å². The lowest BCUT2D eigenvalue weighted by Crippen LogP contribution is -2.43. The molecular formula is C21H28N2O2. The zero-order chi connectivity index (χ0) is 18.1. The van der Waals surface area contributed by atoms with E-state index in [9.17, 15) is 9.90 Å². The standard InChI is InChI=1S/C21H28N2O2/c1-14-7-5-9-19(11-14)23-15(2)12-20(16(23)3)21(25)22-10-6-8-18(13-22)17(4)24/h5,7,9,11-12,17-18,24H,6,8,10,13H2,1-4H3. The third kappa shape index (κ3) is 3.49. The molecule has 2 aromatic rings. The van der Waals surface area contributed by atoms with Crippen molar-refractivity contribution in [2.45, 2.75) is 46.6 Å². The number of carbonyl (C=O) groups excluding carboxylic acids is 1. The number of hydrogen-bond donors (Lipinski definition) is 1. The first-order valence-electron chi connectivity index (χ1n) is 9.12. The molecule has 134 valence electrons. The van der Waals surface area contributed by atoms with E-state index in [0.717, 1.165) is 42.0 Å². The summed E-state index contributed by atoms with van der Waals surface area (Å²) in [6, 6.07) is 10.3. The Kier molecular flexibility index (Phi) is 5.00. The minimum Gasteiger partial charge on any atom is -0.393 e. The molecule has 0 saturated carbocycles. The van der Waals surface area contributed by atoms with Crippen molar-refractivity contribution in [3.05, 3.63) is 52.8 Å². The Balaban J connectivity index is 1.91. The van der Waals surface area contributed by atoms with Crippen LogP contribution in [0.2, 0.25) is 0 Å². The van der Waals surface area contributed by atoms with E-state index in [1.54, 1.807) is 0 Å². The molecule has 4 nitrogen and oxygen atoms in total. The number of aryl methyl sites for hydroxylation is 2. The van der Waals surface area contributed by atoms with Gasteiger partial charge in [-0.2, -0.15) is 0 Å². The van der Waals surface area contributed by atoms with Crippen molar-refractivity contribution in [1.29, 1.82) is 0 Å². The van der Waals surface area contributed by atoms with Crippen molar-refractivity contribution in [1.82, 2.24) is 9.47 Å². The molecule has 1 aliphatic heterocycles. The number of aromatic nitrogens is 1. The molecule has 1 saturated heterocycles. The van der Waals surface area contributed by atoms with E-state index in [0.29, 0.717) is 6.54 Å². The van der Waals surface area contributed by atoms with Gasteiger partial charge in [-0.05, 0) is 64.3 Å². The van der Waals surface area contributed by atoms with E-state index in [2.05, 4.69) is 29.7 Å². The highest BCUT2D eigenvalue weighted by atomic mass is 16.3. The first-order valence-corrected chi connectivity index (χ1v) is 9.12. The lowest BCUT2D eigenvalue weighted by atomic mass is 9.93. The minimum atomic E-state index is -0.365. The maximum absolute atomic E-state index is 13.1. The second kappa shape index (κ2) is 7.04. The summed E-state index contributed by atoms with van der Waals surface area (Å²) < 4.78 is 2.15. The monoisotopic (exact) mass is 340 g/mol. The van der Waals surface area contributed by atoms with Crippen LogP contribution in [0.4, 0.5) is 0 Å². The van der Waals surface area contributed by atoms with Gasteiger partial charge < -0.3 is 14.6 Å². The van der Waals surface area contributed by atoms with Crippen molar-refractivity contribution < 1.29 is 9.90 Å². The fraction of sp³-hybridized carbons (Fsp3) is 0.476. The predicted molar refractivity (Wildman–Crippen MR) is 100 cm³/mol. The maximum atomic E-state index is 13.1. The molecule has 3 rings (SSSR count). The number of amides is 1. The number of nitrogens with zero attached hydrogens (tertiary/aromatic N) is 2. The van der Waals surface area contributed by atoms with Crippen LogP contribution in [0.1, 0.15) is 47.1 Å². The van der Waals surface area contributed by atoms with Crippen LogP contribution in [0.3, 0.4) is 0 Å². The summed E-state index contributed by atoms with van der Waals surface area (Å²) in [5.74, 6) is 0.260. The number of benzene rings is 1. The average molecular weight is 340 g/mol. The fourth-order valence-corrected chi connectivity index (χ4v) is 3.90. The molecule has 2 heterocycles. The number of piperidine rings is 1. The number of carbonyl (C=O) groups is 1. The summed E-state index contributed by atoms with van der Waals surface area (Å²) in [5.41, 5.74) is 5.11. The van der Waals surface area contributed by atoms with Gasteiger partial charge in [0, 0.05) is 36.1 Å². The first kappa shape index (κ1) is 17.7. The summed E-state index contributed by atoms with van der Waals surface area (Å²) in [4.78, 5) is 15.0. The van der Waals surface area contributed by atoms with Crippen molar-refractivity contribution in [3.63, 3.8) is 0 Å². The summed E-state index contributed by atoms with van der Waals surface area (Å²) in [7, 11) is 0. The molecule has 1 aromatic heterocycles. The van der Waals surface area contributed by atoms with E-state index in [1.807, 2.05) is 37.8 Å². The van der Waals surface area contributed by atoms with Gasteiger partial charge in [0.1, 0.15) is 0 Å². The smallest absolute Gasteiger partial charge is 0.255 e. The molecule has 1 aromatic carbocycles. The van der Waals surface area contributed by atoms with E-state index in [-0.39, 0.29) is 17.9 Å². The number of likely N-dealkylation sites (tertiary alicyclic amines) is 1. The van der Waals surface area contributed by atoms with Crippen LogP contribution < -0.4 is 0 Å². The van der Waals surface area contributed by atoms with Crippen molar-refractivity contribution in [2.24, 2.45) is 5.92 Å². The molecule has 0 spiro atoms. The molecule has 0 radical (unpaired) electrons. The van der Waals surface area contributed by atoms with E-state index >= 15 is 0 Å². The van der Waals surface area contributed by atoms with Crippen molar-refractivity contribution in [3.8, 4) is 5.69 Å². The van der Waals surface area contributed by atoms with Gasteiger partial charge in [0.15, 0.2) is 0 Å². The van der Waals surface area contributed by atoms with Crippen LogP contribution in [0.15, 0.2) is 30.3 Å². The van der Waals surface area contributed by atoms with E-state index in [1.165, 1.54) is 5.56 Å². The van der Waals surface area contributed by atoms with E-state index in [4.69, 9.17) is 0 Å². The summed E-state index contributed by atoms with van der Waals surface area (Å²) >= 11 is 0. The number of aliphatic hydroxyl groups is 1. The minimum absolute atomic E-state index is 0.0809. The summed E-state index contributed by atoms with van der Waals surface area (Å²) in [6.45, 7) is 9.37. The normalized spacial score (nSPS) is 19.1. The third-order valence-corrected chi connectivity index (χ3v) is 5.35. The van der Waals surface area contributed by atoms with Gasteiger partial charge >= 0.3 is 0 Å². The highest BCUT2D eigenvalue weighted by Gasteiger charge is 2.29. The van der Waals surface area contributed by atoms with Gasteiger partial charge in [0.05, 0.1) is 11.7 Å². The SMILES string of the molecule is Cc1cccc(-n2c(C)cc(C(=O)N3CCCC(C(C)O)C3)c2C)c1. The molecule has 0 bridgehead atoms. The molecular weight excluding hydrogens is 312 g/mol. The van der Waals surface area contributed by atoms with Crippen LogP contribution in [-0.2, 0) is 0 Å². The lowest BCUT2D eigenvalue weighted by Gasteiger charge is -2.34. The van der Waals surface area contributed by atoms with Gasteiger partial charge in [-0.25, -0.2) is 0 Å².